The zero-order valence-corrected chi connectivity index (χ0v) is 13.7. The van der Waals surface area contributed by atoms with Gasteiger partial charge in [-0.3, -0.25) is 4.98 Å². The van der Waals surface area contributed by atoms with Gasteiger partial charge in [-0.15, -0.1) is 5.10 Å². The van der Waals surface area contributed by atoms with E-state index in [1.165, 1.54) is 31.2 Å². The third-order valence-corrected chi connectivity index (χ3v) is 4.29. The second-order valence-corrected chi connectivity index (χ2v) is 6.04. The molecule has 0 aliphatic carbocycles. The first-order valence-electron chi connectivity index (χ1n) is 8.37. The molecule has 0 atom stereocenters. The van der Waals surface area contributed by atoms with Crippen LogP contribution in [0.15, 0.2) is 30.7 Å². The van der Waals surface area contributed by atoms with Crippen molar-refractivity contribution in [3.05, 3.63) is 36.3 Å². The summed E-state index contributed by atoms with van der Waals surface area (Å²) in [5.74, 6) is 1.65. The maximum Gasteiger partial charge on any atom is 0.247 e. The molecule has 3 rings (SSSR count). The Kier molecular flexibility index (Phi) is 5.34. The first kappa shape index (κ1) is 15.6. The van der Waals surface area contributed by atoms with Gasteiger partial charge in [0.25, 0.3) is 0 Å². The number of pyridine rings is 1. The minimum atomic E-state index is 0.695. The van der Waals surface area contributed by atoms with Gasteiger partial charge >= 0.3 is 0 Å². The van der Waals surface area contributed by atoms with Gasteiger partial charge in [-0.1, -0.05) is 12.8 Å². The van der Waals surface area contributed by atoms with E-state index in [0.29, 0.717) is 5.95 Å². The molecule has 0 unspecified atom stereocenters. The van der Waals surface area contributed by atoms with Crippen LogP contribution in [-0.2, 0) is 6.42 Å². The normalized spacial score (nSPS) is 15.3. The Balaban J connectivity index is 1.63. The van der Waals surface area contributed by atoms with E-state index in [2.05, 4.69) is 25.0 Å². The molecule has 0 saturated carbocycles. The quantitative estimate of drug-likeness (QED) is 0.844. The van der Waals surface area contributed by atoms with Gasteiger partial charge in [0.05, 0.1) is 6.20 Å². The minimum absolute atomic E-state index is 0.695. The molecule has 1 aliphatic heterocycles. The van der Waals surface area contributed by atoms with Crippen LogP contribution in [0.2, 0.25) is 0 Å². The topological polar surface area (TPSA) is 58.0 Å². The lowest BCUT2D eigenvalue weighted by Crippen LogP contribution is -2.28. The fourth-order valence-electron chi connectivity index (χ4n) is 2.85. The summed E-state index contributed by atoms with van der Waals surface area (Å²) in [5, 5.41) is 8.36. The molecule has 0 aromatic carbocycles. The number of rotatable bonds is 5. The number of hydrogen-bond acceptors (Lipinski definition) is 6. The van der Waals surface area contributed by atoms with Crippen molar-refractivity contribution in [2.75, 3.05) is 36.5 Å². The van der Waals surface area contributed by atoms with Crippen LogP contribution in [-0.4, -0.2) is 46.8 Å². The highest BCUT2D eigenvalue weighted by Gasteiger charge is 2.14. The molecule has 0 amide bonds. The highest BCUT2D eigenvalue weighted by molar-refractivity contribution is 5.41. The summed E-state index contributed by atoms with van der Waals surface area (Å²) in [6.45, 7) is 2.99. The molecule has 1 saturated heterocycles. The van der Waals surface area contributed by atoms with Gasteiger partial charge in [0.1, 0.15) is 0 Å². The van der Waals surface area contributed by atoms with Crippen molar-refractivity contribution in [2.45, 2.75) is 32.1 Å². The molecule has 23 heavy (non-hydrogen) atoms. The molecule has 1 fully saturated rings. The van der Waals surface area contributed by atoms with Crippen molar-refractivity contribution in [2.24, 2.45) is 0 Å². The zero-order valence-electron chi connectivity index (χ0n) is 13.7. The molecular weight excluding hydrogens is 288 g/mol. The zero-order chi connectivity index (χ0) is 15.9. The molecule has 2 aromatic rings. The minimum Gasteiger partial charge on any atom is -0.355 e. The monoisotopic (exact) mass is 312 g/mol. The summed E-state index contributed by atoms with van der Waals surface area (Å²) >= 11 is 0. The lowest BCUT2D eigenvalue weighted by atomic mass is 10.2. The van der Waals surface area contributed by atoms with Crippen molar-refractivity contribution in [3.8, 4) is 0 Å². The van der Waals surface area contributed by atoms with E-state index < -0.39 is 0 Å². The molecule has 6 nitrogen and oxygen atoms in total. The molecule has 0 spiro atoms. The molecule has 3 heterocycles. The van der Waals surface area contributed by atoms with E-state index in [-0.39, 0.29) is 0 Å². The predicted molar refractivity (Wildman–Crippen MR) is 91.7 cm³/mol. The van der Waals surface area contributed by atoms with Crippen LogP contribution in [0.4, 0.5) is 11.8 Å². The van der Waals surface area contributed by atoms with Crippen LogP contribution in [0.5, 0.6) is 0 Å². The summed E-state index contributed by atoms with van der Waals surface area (Å²) in [7, 11) is 2.02. The molecule has 0 radical (unpaired) electrons. The Bertz CT molecular complexity index is 595. The van der Waals surface area contributed by atoms with Crippen LogP contribution in [0.25, 0.3) is 0 Å². The predicted octanol–water partition coefficient (Wildman–Crippen LogP) is 2.33. The Morgan fingerprint density at radius 2 is 1.83 bits per heavy atom. The van der Waals surface area contributed by atoms with Crippen LogP contribution >= 0.6 is 0 Å². The molecule has 0 bridgehead atoms. The average Bonchev–Trinajstić information content (AvgIpc) is 2.90. The first-order valence-corrected chi connectivity index (χ1v) is 8.37. The Hall–Kier alpha value is -2.24. The van der Waals surface area contributed by atoms with Gasteiger partial charge in [0, 0.05) is 39.1 Å². The summed E-state index contributed by atoms with van der Waals surface area (Å²) < 4.78 is 0. The molecular formula is C17H24N6. The van der Waals surface area contributed by atoms with Crippen LogP contribution in [0.3, 0.4) is 0 Å². The van der Waals surface area contributed by atoms with Gasteiger partial charge in [-0.2, -0.15) is 10.1 Å². The van der Waals surface area contributed by atoms with E-state index in [9.17, 15) is 0 Å². The number of anilines is 2. The van der Waals surface area contributed by atoms with Crippen molar-refractivity contribution in [1.29, 1.82) is 0 Å². The van der Waals surface area contributed by atoms with Gasteiger partial charge in [-0.25, -0.2) is 0 Å². The Morgan fingerprint density at radius 1 is 1.09 bits per heavy atom. The molecule has 1 aliphatic rings. The van der Waals surface area contributed by atoms with E-state index in [1.54, 1.807) is 6.20 Å². The van der Waals surface area contributed by atoms with Crippen LogP contribution in [0, 0.1) is 0 Å². The van der Waals surface area contributed by atoms with Gasteiger partial charge in [0.15, 0.2) is 5.82 Å². The largest absolute Gasteiger partial charge is 0.355 e. The highest BCUT2D eigenvalue weighted by Crippen LogP contribution is 2.18. The van der Waals surface area contributed by atoms with E-state index in [1.807, 2.05) is 31.6 Å². The maximum absolute atomic E-state index is 4.72. The number of aromatic nitrogens is 4. The summed E-state index contributed by atoms with van der Waals surface area (Å²) in [6, 6.07) is 4.08. The Morgan fingerprint density at radius 3 is 2.57 bits per heavy atom. The van der Waals surface area contributed by atoms with E-state index in [0.717, 1.165) is 31.9 Å². The lowest BCUT2D eigenvalue weighted by Gasteiger charge is -2.23. The smallest absolute Gasteiger partial charge is 0.247 e. The third kappa shape index (κ3) is 4.37. The van der Waals surface area contributed by atoms with Crippen LogP contribution < -0.4 is 9.80 Å². The second-order valence-electron chi connectivity index (χ2n) is 6.04. The van der Waals surface area contributed by atoms with Gasteiger partial charge in [-0.05, 0) is 37.0 Å². The number of hydrogen-bond donors (Lipinski definition) is 0. The number of likely N-dealkylation sites (N-methyl/N-ethyl adjacent to an activating group) is 1. The first-order chi connectivity index (χ1) is 11.3. The van der Waals surface area contributed by atoms with Crippen molar-refractivity contribution < 1.29 is 0 Å². The van der Waals surface area contributed by atoms with E-state index in [4.69, 9.17) is 4.98 Å². The van der Waals surface area contributed by atoms with Gasteiger partial charge in [0.2, 0.25) is 5.95 Å². The summed E-state index contributed by atoms with van der Waals surface area (Å²) in [4.78, 5) is 13.2. The summed E-state index contributed by atoms with van der Waals surface area (Å²) in [5.41, 5.74) is 1.27. The Labute approximate surface area is 137 Å². The lowest BCUT2D eigenvalue weighted by molar-refractivity contribution is 0.726. The second kappa shape index (κ2) is 7.85. The van der Waals surface area contributed by atoms with Crippen molar-refractivity contribution >= 4 is 11.8 Å². The number of nitrogens with zero attached hydrogens (tertiary/aromatic N) is 6. The summed E-state index contributed by atoms with van der Waals surface area (Å²) in [6.07, 6.45) is 11.5. The average molecular weight is 312 g/mol. The molecule has 6 heteroatoms. The fraction of sp³-hybridized carbons (Fsp3) is 0.529. The SMILES string of the molecule is CN(CCc1ccncc1)c1nncc(N2CCCCCC2)n1. The van der Waals surface area contributed by atoms with Crippen molar-refractivity contribution in [1.82, 2.24) is 20.2 Å². The van der Waals surface area contributed by atoms with Crippen molar-refractivity contribution in [3.63, 3.8) is 0 Å². The van der Waals surface area contributed by atoms with Gasteiger partial charge < -0.3 is 9.80 Å². The molecule has 0 N–H and O–H groups in total. The standard InChI is InChI=1S/C17H24N6/c1-22(13-8-15-6-9-18-10-7-15)17-20-16(14-19-21-17)23-11-4-2-3-5-12-23/h6-7,9-10,14H,2-5,8,11-13H2,1H3. The molecule has 2 aromatic heterocycles. The maximum atomic E-state index is 4.72. The van der Waals surface area contributed by atoms with E-state index >= 15 is 0 Å². The third-order valence-electron chi connectivity index (χ3n) is 4.29. The van der Waals surface area contributed by atoms with Crippen LogP contribution in [0.1, 0.15) is 31.2 Å². The highest BCUT2D eigenvalue weighted by atomic mass is 15.3. The fourth-order valence-corrected chi connectivity index (χ4v) is 2.85. The molecule has 122 valence electrons.